The lowest BCUT2D eigenvalue weighted by Gasteiger charge is -2.12. The van der Waals surface area contributed by atoms with Crippen LogP contribution in [0.4, 0.5) is 4.39 Å². The molecule has 1 heterocycles. The molecule has 158 valence electrons. The summed E-state index contributed by atoms with van der Waals surface area (Å²) in [4.78, 5) is 16.8. The third-order valence-electron chi connectivity index (χ3n) is 6.37. The van der Waals surface area contributed by atoms with Crippen molar-refractivity contribution >= 4 is 22.9 Å². The second kappa shape index (κ2) is 8.00. The smallest absolute Gasteiger partial charge is 0.244 e. The van der Waals surface area contributed by atoms with Gasteiger partial charge in [0, 0.05) is 28.8 Å². The van der Waals surface area contributed by atoms with Gasteiger partial charge in [0.05, 0.1) is 12.1 Å². The second-order valence-corrected chi connectivity index (χ2v) is 8.44. The van der Waals surface area contributed by atoms with E-state index in [4.69, 9.17) is 0 Å². The Morgan fingerprint density at radius 3 is 2.53 bits per heavy atom. The first-order chi connectivity index (χ1) is 15.5. The van der Waals surface area contributed by atoms with Gasteiger partial charge in [0.1, 0.15) is 5.82 Å². The van der Waals surface area contributed by atoms with Gasteiger partial charge in [0.2, 0.25) is 5.91 Å². The zero-order chi connectivity index (χ0) is 22.1. The third-order valence-corrected chi connectivity index (χ3v) is 6.37. The summed E-state index contributed by atoms with van der Waals surface area (Å²) in [5.41, 5.74) is 6.54. The van der Waals surface area contributed by atoms with E-state index in [1.165, 1.54) is 12.1 Å². The Bertz CT molecular complexity index is 1310. The Balaban J connectivity index is 1.25. The van der Waals surface area contributed by atoms with Gasteiger partial charge < -0.3 is 0 Å². The molecule has 1 fully saturated rings. The number of benzene rings is 3. The van der Waals surface area contributed by atoms with E-state index in [9.17, 15) is 9.18 Å². The Kier molecular flexibility index (Phi) is 5.02. The van der Waals surface area contributed by atoms with Crippen molar-refractivity contribution in [3.8, 4) is 11.1 Å². The number of carbonyl (C=O) groups is 1. The van der Waals surface area contributed by atoms with E-state index in [0.717, 1.165) is 39.4 Å². The van der Waals surface area contributed by atoms with Gasteiger partial charge in [0.25, 0.3) is 0 Å². The second-order valence-electron chi connectivity index (χ2n) is 8.44. The van der Waals surface area contributed by atoms with Crippen LogP contribution >= 0.6 is 0 Å². The lowest BCUT2D eigenvalue weighted by molar-refractivity contribution is -0.122. The summed E-state index contributed by atoms with van der Waals surface area (Å²) >= 11 is 0. The molecular formula is C27H22FN3O. The predicted molar refractivity (Wildman–Crippen MR) is 125 cm³/mol. The number of hydrazone groups is 1. The van der Waals surface area contributed by atoms with Crippen molar-refractivity contribution in [3.63, 3.8) is 0 Å². The minimum absolute atomic E-state index is 0.0757. The van der Waals surface area contributed by atoms with Gasteiger partial charge >= 0.3 is 0 Å². The number of amides is 1. The number of hydrogen-bond acceptors (Lipinski definition) is 3. The fourth-order valence-electron chi connectivity index (χ4n) is 4.26. The summed E-state index contributed by atoms with van der Waals surface area (Å²) in [6.45, 7) is 2.10. The van der Waals surface area contributed by atoms with Crippen LogP contribution in [0.1, 0.15) is 24.5 Å². The molecule has 1 aliphatic rings. The number of nitrogens with zero attached hydrogens (tertiary/aromatic N) is 2. The van der Waals surface area contributed by atoms with Crippen molar-refractivity contribution in [2.45, 2.75) is 18.8 Å². The molecule has 1 amide bonds. The molecule has 0 radical (unpaired) electrons. The number of pyridine rings is 1. The maximum absolute atomic E-state index is 13.2. The zero-order valence-electron chi connectivity index (χ0n) is 17.6. The normalized spacial score (nSPS) is 19.9. The van der Waals surface area contributed by atoms with E-state index in [1.807, 2.05) is 42.6 Å². The molecule has 1 N–H and O–H groups in total. The van der Waals surface area contributed by atoms with E-state index in [0.29, 0.717) is 0 Å². The van der Waals surface area contributed by atoms with Gasteiger partial charge in [-0.3, -0.25) is 9.78 Å². The number of nitrogens with one attached hydrogen (secondary N) is 1. The van der Waals surface area contributed by atoms with Crippen LogP contribution in [-0.4, -0.2) is 17.1 Å². The van der Waals surface area contributed by atoms with E-state index in [1.54, 1.807) is 24.5 Å². The number of aromatic nitrogens is 1. The maximum Gasteiger partial charge on any atom is 0.244 e. The number of carbonyl (C=O) groups excluding carboxylic acids is 1. The molecule has 0 saturated heterocycles. The fraction of sp³-hybridized carbons (Fsp3) is 0.148. The first-order valence-corrected chi connectivity index (χ1v) is 10.6. The van der Waals surface area contributed by atoms with E-state index in [2.05, 4.69) is 34.6 Å². The van der Waals surface area contributed by atoms with Crippen LogP contribution in [0.5, 0.6) is 0 Å². The molecule has 1 aliphatic carbocycles. The van der Waals surface area contributed by atoms with Gasteiger partial charge in [-0.05, 0) is 46.7 Å². The van der Waals surface area contributed by atoms with Gasteiger partial charge in [-0.25, -0.2) is 9.82 Å². The molecule has 1 saturated carbocycles. The summed E-state index contributed by atoms with van der Waals surface area (Å²) in [5, 5.41) is 6.27. The SMILES string of the molecule is CC1(c2ccc(-c3ccc(F)cc3)cc2)CC1C(=O)N/N=C/c1cccc2cnccc12. The highest BCUT2D eigenvalue weighted by molar-refractivity contribution is 5.99. The van der Waals surface area contributed by atoms with Crippen molar-refractivity contribution in [1.29, 1.82) is 0 Å². The number of halogens is 1. The third kappa shape index (κ3) is 3.78. The van der Waals surface area contributed by atoms with Crippen molar-refractivity contribution < 1.29 is 9.18 Å². The number of hydrogen-bond donors (Lipinski definition) is 1. The Labute approximate surface area is 185 Å². The Hall–Kier alpha value is -3.86. The van der Waals surface area contributed by atoms with Crippen molar-refractivity contribution in [1.82, 2.24) is 10.4 Å². The first kappa shape index (κ1) is 20.1. The predicted octanol–water partition coefficient (Wildman–Crippen LogP) is 5.47. The highest BCUT2D eigenvalue weighted by Crippen LogP contribution is 2.54. The van der Waals surface area contributed by atoms with E-state index in [-0.39, 0.29) is 23.1 Å². The lowest BCUT2D eigenvalue weighted by Crippen LogP contribution is -2.23. The summed E-state index contributed by atoms with van der Waals surface area (Å²) in [5.74, 6) is -0.439. The molecule has 5 heteroatoms. The zero-order valence-corrected chi connectivity index (χ0v) is 17.6. The largest absolute Gasteiger partial charge is 0.273 e. The van der Waals surface area contributed by atoms with Gasteiger partial charge in [-0.1, -0.05) is 61.5 Å². The fourth-order valence-corrected chi connectivity index (χ4v) is 4.26. The first-order valence-electron chi connectivity index (χ1n) is 10.6. The summed E-state index contributed by atoms with van der Waals surface area (Å²) in [6, 6.07) is 22.4. The van der Waals surface area contributed by atoms with Gasteiger partial charge in [-0.2, -0.15) is 5.10 Å². The quantitative estimate of drug-likeness (QED) is 0.342. The monoisotopic (exact) mass is 423 g/mol. The Morgan fingerprint density at radius 2 is 1.78 bits per heavy atom. The highest BCUT2D eigenvalue weighted by atomic mass is 19.1. The number of fused-ring (bicyclic) bond motifs is 1. The molecule has 4 nitrogen and oxygen atoms in total. The lowest BCUT2D eigenvalue weighted by atomic mass is 9.93. The molecule has 32 heavy (non-hydrogen) atoms. The summed E-state index contributed by atoms with van der Waals surface area (Å²) < 4.78 is 13.2. The summed E-state index contributed by atoms with van der Waals surface area (Å²) in [7, 11) is 0. The molecule has 5 rings (SSSR count). The average Bonchev–Trinajstić information content (AvgIpc) is 3.53. The maximum atomic E-state index is 13.2. The minimum Gasteiger partial charge on any atom is -0.273 e. The highest BCUT2D eigenvalue weighted by Gasteiger charge is 2.55. The van der Waals surface area contributed by atoms with Crippen LogP contribution in [0.3, 0.4) is 0 Å². The van der Waals surface area contributed by atoms with Crippen molar-refractivity contribution in [2.24, 2.45) is 11.0 Å². The summed E-state index contributed by atoms with van der Waals surface area (Å²) in [6.07, 6.45) is 6.01. The molecule has 1 aromatic heterocycles. The van der Waals surface area contributed by atoms with E-state index < -0.39 is 0 Å². The molecule has 0 aliphatic heterocycles. The van der Waals surface area contributed by atoms with Crippen LogP contribution in [0.25, 0.3) is 21.9 Å². The molecule has 2 unspecified atom stereocenters. The van der Waals surface area contributed by atoms with Crippen LogP contribution < -0.4 is 5.43 Å². The molecule has 3 aromatic carbocycles. The van der Waals surface area contributed by atoms with Crippen LogP contribution in [-0.2, 0) is 10.2 Å². The standard InChI is InChI=1S/C27H22FN3O/c1-27(22-9-5-18(6-10-22)19-7-11-23(28)12-8-19)15-25(27)26(32)31-30-17-21-4-2-3-20-16-29-14-13-24(20)21/h2-14,16-17,25H,15H2,1H3,(H,31,32)/b30-17+. The van der Waals surface area contributed by atoms with E-state index >= 15 is 0 Å². The minimum atomic E-state index is -0.246. The molecule has 2 atom stereocenters. The molecule has 4 aromatic rings. The Morgan fingerprint density at radius 1 is 1.06 bits per heavy atom. The average molecular weight is 423 g/mol. The van der Waals surface area contributed by atoms with Crippen molar-refractivity contribution in [2.75, 3.05) is 0 Å². The van der Waals surface area contributed by atoms with Crippen LogP contribution in [0.2, 0.25) is 0 Å². The molecular weight excluding hydrogens is 401 g/mol. The topological polar surface area (TPSA) is 54.4 Å². The molecule has 0 bridgehead atoms. The van der Waals surface area contributed by atoms with Gasteiger partial charge in [0.15, 0.2) is 0 Å². The van der Waals surface area contributed by atoms with Crippen LogP contribution in [0, 0.1) is 11.7 Å². The molecule has 0 spiro atoms. The van der Waals surface area contributed by atoms with Crippen LogP contribution in [0.15, 0.2) is 90.3 Å². The van der Waals surface area contributed by atoms with Gasteiger partial charge in [-0.15, -0.1) is 0 Å². The van der Waals surface area contributed by atoms with Crippen molar-refractivity contribution in [3.05, 3.63) is 102 Å². The number of rotatable bonds is 5.